The highest BCUT2D eigenvalue weighted by atomic mass is 79.9. The van der Waals surface area contributed by atoms with Gasteiger partial charge in [-0.05, 0) is 56.7 Å². The summed E-state index contributed by atoms with van der Waals surface area (Å²) in [6.07, 6.45) is 1.02. The Balaban J connectivity index is 2.36. The molecule has 0 amide bonds. The quantitative estimate of drug-likeness (QED) is 0.464. The molecule has 0 aromatic heterocycles. The predicted octanol–water partition coefficient (Wildman–Crippen LogP) is 4.98. The highest BCUT2D eigenvalue weighted by Gasteiger charge is 2.08. The molecule has 3 nitrogen and oxygen atoms in total. The molecular weight excluding hydrogens is 338 g/mol. The van der Waals surface area contributed by atoms with E-state index in [-0.39, 0.29) is 0 Å². The lowest BCUT2D eigenvalue weighted by Gasteiger charge is -2.20. The van der Waals surface area contributed by atoms with Gasteiger partial charge in [-0.1, -0.05) is 34.5 Å². The molecule has 0 unspecified atom stereocenters. The topological polar surface area (TPSA) is 41.6 Å². The number of anilines is 2. The standard InChI is InChI=1S/C18H22BrN3/c1-4-11-22(16-8-6-15(19)7-9-16)21-14(3)17-12-13(2)5-10-18(17)20/h5-10,12H,4,11,20H2,1-3H3/b21-14+. The maximum atomic E-state index is 6.09. The molecule has 0 aliphatic rings. The monoisotopic (exact) mass is 359 g/mol. The van der Waals surface area contributed by atoms with Crippen LogP contribution in [-0.4, -0.2) is 12.3 Å². The van der Waals surface area contributed by atoms with Crippen molar-refractivity contribution in [2.45, 2.75) is 27.2 Å². The number of halogens is 1. The van der Waals surface area contributed by atoms with Gasteiger partial charge in [0.2, 0.25) is 0 Å². The minimum Gasteiger partial charge on any atom is -0.398 e. The van der Waals surface area contributed by atoms with Crippen molar-refractivity contribution in [2.24, 2.45) is 5.10 Å². The number of rotatable bonds is 5. The number of hydrazone groups is 1. The van der Waals surface area contributed by atoms with Crippen LogP contribution in [0.3, 0.4) is 0 Å². The van der Waals surface area contributed by atoms with Crippen molar-refractivity contribution in [3.8, 4) is 0 Å². The third-order valence-corrected chi connectivity index (χ3v) is 3.96. The van der Waals surface area contributed by atoms with Crippen molar-refractivity contribution in [2.75, 3.05) is 17.3 Å². The Morgan fingerprint density at radius 1 is 1.18 bits per heavy atom. The average Bonchev–Trinajstić information content (AvgIpc) is 2.50. The first-order valence-corrected chi connectivity index (χ1v) is 8.25. The zero-order chi connectivity index (χ0) is 16.1. The molecular formula is C18H22BrN3. The van der Waals surface area contributed by atoms with Gasteiger partial charge in [-0.25, -0.2) is 0 Å². The molecule has 0 spiro atoms. The first kappa shape index (κ1) is 16.6. The predicted molar refractivity (Wildman–Crippen MR) is 99.6 cm³/mol. The van der Waals surface area contributed by atoms with E-state index in [1.54, 1.807) is 0 Å². The molecule has 2 aromatic rings. The molecule has 22 heavy (non-hydrogen) atoms. The van der Waals surface area contributed by atoms with E-state index < -0.39 is 0 Å². The van der Waals surface area contributed by atoms with Crippen LogP contribution in [-0.2, 0) is 0 Å². The van der Waals surface area contributed by atoms with Crippen molar-refractivity contribution in [3.63, 3.8) is 0 Å². The summed E-state index contributed by atoms with van der Waals surface area (Å²) in [7, 11) is 0. The third-order valence-electron chi connectivity index (χ3n) is 3.43. The lowest BCUT2D eigenvalue weighted by Crippen LogP contribution is -2.19. The molecule has 0 aliphatic heterocycles. The summed E-state index contributed by atoms with van der Waals surface area (Å²) in [4.78, 5) is 0. The van der Waals surface area contributed by atoms with Gasteiger partial charge in [-0.15, -0.1) is 0 Å². The van der Waals surface area contributed by atoms with Gasteiger partial charge in [0.1, 0.15) is 0 Å². The van der Waals surface area contributed by atoms with Gasteiger partial charge < -0.3 is 5.73 Å². The Hall–Kier alpha value is -1.81. The third kappa shape index (κ3) is 4.10. The SMILES string of the molecule is CCCN(/N=C(\C)c1cc(C)ccc1N)c1ccc(Br)cc1. The zero-order valence-electron chi connectivity index (χ0n) is 13.3. The number of hydrogen-bond donors (Lipinski definition) is 1. The van der Waals surface area contributed by atoms with Gasteiger partial charge in [0.25, 0.3) is 0 Å². The zero-order valence-corrected chi connectivity index (χ0v) is 14.9. The summed E-state index contributed by atoms with van der Waals surface area (Å²) in [5, 5.41) is 6.82. The molecule has 2 rings (SSSR count). The number of nitrogens with zero attached hydrogens (tertiary/aromatic N) is 2. The fourth-order valence-electron chi connectivity index (χ4n) is 2.28. The molecule has 116 valence electrons. The molecule has 0 heterocycles. The lowest BCUT2D eigenvalue weighted by molar-refractivity contribution is 0.806. The molecule has 0 saturated heterocycles. The van der Waals surface area contributed by atoms with Gasteiger partial charge >= 0.3 is 0 Å². The smallest absolute Gasteiger partial charge is 0.0671 e. The number of nitrogen functional groups attached to an aromatic ring is 1. The van der Waals surface area contributed by atoms with E-state index in [0.29, 0.717) is 0 Å². The van der Waals surface area contributed by atoms with Gasteiger partial charge in [0.15, 0.2) is 0 Å². The Kier molecular flexibility index (Phi) is 5.61. The first-order chi connectivity index (χ1) is 10.5. The van der Waals surface area contributed by atoms with Crippen LogP contribution in [0, 0.1) is 6.92 Å². The Morgan fingerprint density at radius 2 is 1.86 bits per heavy atom. The molecule has 2 aromatic carbocycles. The second-order valence-corrected chi connectivity index (χ2v) is 6.29. The van der Waals surface area contributed by atoms with Crippen LogP contribution in [0.15, 0.2) is 52.0 Å². The van der Waals surface area contributed by atoms with Gasteiger partial charge in [-0.3, -0.25) is 5.01 Å². The largest absolute Gasteiger partial charge is 0.398 e. The summed E-state index contributed by atoms with van der Waals surface area (Å²) in [5.74, 6) is 0. The van der Waals surface area contributed by atoms with E-state index in [2.05, 4.69) is 48.0 Å². The van der Waals surface area contributed by atoms with E-state index in [9.17, 15) is 0 Å². The fourth-order valence-corrected chi connectivity index (χ4v) is 2.54. The van der Waals surface area contributed by atoms with Crippen molar-refractivity contribution in [1.82, 2.24) is 0 Å². The van der Waals surface area contributed by atoms with Crippen LogP contribution < -0.4 is 10.7 Å². The van der Waals surface area contributed by atoms with Crippen LogP contribution in [0.5, 0.6) is 0 Å². The summed E-state index contributed by atoms with van der Waals surface area (Å²) in [6.45, 7) is 7.09. The maximum absolute atomic E-state index is 6.09. The second kappa shape index (κ2) is 7.45. The van der Waals surface area contributed by atoms with Crippen molar-refractivity contribution < 1.29 is 0 Å². The van der Waals surface area contributed by atoms with E-state index in [4.69, 9.17) is 10.8 Å². The molecule has 4 heteroatoms. The summed E-state index contributed by atoms with van der Waals surface area (Å²) in [5.41, 5.74) is 11.0. The first-order valence-electron chi connectivity index (χ1n) is 7.46. The van der Waals surface area contributed by atoms with Gasteiger partial charge in [0, 0.05) is 22.3 Å². The molecule has 0 atom stereocenters. The van der Waals surface area contributed by atoms with E-state index in [1.165, 1.54) is 5.56 Å². The average molecular weight is 360 g/mol. The van der Waals surface area contributed by atoms with Crippen molar-refractivity contribution >= 4 is 33.0 Å². The molecule has 0 aliphatic carbocycles. The Labute approximate surface area is 141 Å². The molecule has 0 fully saturated rings. The fraction of sp³-hybridized carbons (Fsp3) is 0.278. The van der Waals surface area contributed by atoms with Crippen LogP contribution in [0.4, 0.5) is 11.4 Å². The van der Waals surface area contributed by atoms with Crippen molar-refractivity contribution in [1.29, 1.82) is 0 Å². The molecule has 2 N–H and O–H groups in total. The number of hydrogen-bond acceptors (Lipinski definition) is 3. The minimum atomic E-state index is 0.763. The lowest BCUT2D eigenvalue weighted by atomic mass is 10.1. The molecule has 0 saturated carbocycles. The van der Waals surface area contributed by atoms with E-state index >= 15 is 0 Å². The van der Waals surface area contributed by atoms with Crippen LogP contribution in [0.25, 0.3) is 0 Å². The molecule has 0 bridgehead atoms. The van der Waals surface area contributed by atoms with E-state index in [1.807, 2.05) is 36.2 Å². The highest BCUT2D eigenvalue weighted by molar-refractivity contribution is 9.10. The van der Waals surface area contributed by atoms with E-state index in [0.717, 1.165) is 40.1 Å². The van der Waals surface area contributed by atoms with Crippen molar-refractivity contribution in [3.05, 3.63) is 58.1 Å². The normalized spacial score (nSPS) is 11.5. The van der Waals surface area contributed by atoms with Gasteiger partial charge in [0.05, 0.1) is 11.4 Å². The Bertz CT molecular complexity index is 663. The highest BCUT2D eigenvalue weighted by Crippen LogP contribution is 2.21. The minimum absolute atomic E-state index is 0.763. The maximum Gasteiger partial charge on any atom is 0.0671 e. The summed E-state index contributed by atoms with van der Waals surface area (Å²) in [6, 6.07) is 14.2. The van der Waals surface area contributed by atoms with Crippen LogP contribution in [0.2, 0.25) is 0 Å². The summed E-state index contributed by atoms with van der Waals surface area (Å²) < 4.78 is 1.07. The number of nitrogens with two attached hydrogens (primary N) is 1. The molecule has 0 radical (unpaired) electrons. The summed E-state index contributed by atoms with van der Waals surface area (Å²) >= 11 is 3.47. The van der Waals surface area contributed by atoms with Crippen LogP contribution >= 0.6 is 15.9 Å². The second-order valence-electron chi connectivity index (χ2n) is 5.38. The Morgan fingerprint density at radius 3 is 2.50 bits per heavy atom. The number of aryl methyl sites for hydroxylation is 1. The van der Waals surface area contributed by atoms with Crippen LogP contribution in [0.1, 0.15) is 31.4 Å². The van der Waals surface area contributed by atoms with Gasteiger partial charge in [-0.2, -0.15) is 5.10 Å². The number of benzene rings is 2.